The van der Waals surface area contributed by atoms with Crippen LogP contribution in [0.3, 0.4) is 0 Å². The second-order valence-electron chi connectivity index (χ2n) is 7.24. The summed E-state index contributed by atoms with van der Waals surface area (Å²) in [6.07, 6.45) is 10.0. The van der Waals surface area contributed by atoms with Crippen molar-refractivity contribution in [2.75, 3.05) is 13.7 Å². The molecule has 1 aromatic carbocycles. The van der Waals surface area contributed by atoms with Crippen LogP contribution in [0.1, 0.15) is 66.4 Å². The lowest BCUT2D eigenvalue weighted by Gasteiger charge is -2.10. The minimum absolute atomic E-state index is 0.897. The van der Waals surface area contributed by atoms with Crippen molar-refractivity contribution in [2.45, 2.75) is 60.8 Å². The molecule has 0 amide bonds. The normalized spacial score (nSPS) is 14.4. The summed E-state index contributed by atoms with van der Waals surface area (Å²) >= 11 is 0. The Morgan fingerprint density at radius 1 is 1.10 bits per heavy atom. The third-order valence-corrected chi connectivity index (χ3v) is 4.58. The SMILES string of the molecule is C/C=C(\C=C(C)C)c1cccc(OC)c1.CC#CC.CC1=CC2=C(CC1)OCC2. The quantitative estimate of drug-likeness (QED) is 0.392. The first kappa shape index (κ1) is 24.4. The maximum atomic E-state index is 5.44. The number of benzene rings is 1. The molecule has 0 aromatic heterocycles. The molecule has 1 aliphatic carbocycles. The van der Waals surface area contributed by atoms with Gasteiger partial charge in [-0.15, -0.1) is 11.8 Å². The summed E-state index contributed by atoms with van der Waals surface area (Å²) in [5.74, 6) is 7.51. The molecule has 1 heterocycles. The minimum atomic E-state index is 0.897. The maximum Gasteiger partial charge on any atom is 0.119 e. The zero-order valence-electron chi connectivity index (χ0n) is 19.2. The number of rotatable bonds is 3. The summed E-state index contributed by atoms with van der Waals surface area (Å²) in [6, 6.07) is 8.11. The molecule has 29 heavy (non-hydrogen) atoms. The van der Waals surface area contributed by atoms with E-state index in [0.29, 0.717) is 0 Å². The van der Waals surface area contributed by atoms with Gasteiger partial charge in [0, 0.05) is 12.8 Å². The summed E-state index contributed by atoms with van der Waals surface area (Å²) < 4.78 is 10.6. The second kappa shape index (κ2) is 13.5. The third-order valence-electron chi connectivity index (χ3n) is 4.58. The largest absolute Gasteiger partial charge is 0.497 e. The fourth-order valence-electron chi connectivity index (χ4n) is 3.03. The molecule has 2 aliphatic rings. The first-order valence-electron chi connectivity index (χ1n) is 10.3. The van der Waals surface area contributed by atoms with Gasteiger partial charge in [0.15, 0.2) is 0 Å². The summed E-state index contributed by atoms with van der Waals surface area (Å²) in [7, 11) is 1.69. The Morgan fingerprint density at radius 3 is 2.41 bits per heavy atom. The number of hydrogen-bond acceptors (Lipinski definition) is 2. The molecule has 0 radical (unpaired) electrons. The van der Waals surface area contributed by atoms with Crippen molar-refractivity contribution in [3.63, 3.8) is 0 Å². The Morgan fingerprint density at radius 2 is 1.83 bits per heavy atom. The number of methoxy groups -OCH3 is 1. The van der Waals surface area contributed by atoms with E-state index in [9.17, 15) is 0 Å². The average molecular weight is 393 g/mol. The van der Waals surface area contributed by atoms with Crippen LogP contribution in [0.4, 0.5) is 0 Å². The number of hydrogen-bond donors (Lipinski definition) is 0. The predicted octanol–water partition coefficient (Wildman–Crippen LogP) is 7.50. The van der Waals surface area contributed by atoms with Crippen molar-refractivity contribution >= 4 is 5.57 Å². The Balaban J connectivity index is 0.000000257. The highest BCUT2D eigenvalue weighted by Crippen LogP contribution is 2.30. The molecular formula is C27H36O2. The van der Waals surface area contributed by atoms with Crippen molar-refractivity contribution in [2.24, 2.45) is 0 Å². The number of allylic oxidation sites excluding steroid dienone is 7. The molecule has 0 N–H and O–H groups in total. The van der Waals surface area contributed by atoms with Crippen LogP contribution in [0.15, 0.2) is 65.0 Å². The average Bonchev–Trinajstić information content (AvgIpc) is 3.20. The van der Waals surface area contributed by atoms with Crippen LogP contribution >= 0.6 is 0 Å². The van der Waals surface area contributed by atoms with Crippen molar-refractivity contribution in [1.82, 2.24) is 0 Å². The Hall–Kier alpha value is -2.66. The Bertz CT molecular complexity index is 829. The molecule has 0 saturated heterocycles. The lowest BCUT2D eigenvalue weighted by molar-refractivity contribution is 0.234. The summed E-state index contributed by atoms with van der Waals surface area (Å²) in [6.45, 7) is 13.0. The molecule has 2 heteroatoms. The highest BCUT2D eigenvalue weighted by Gasteiger charge is 2.17. The minimum Gasteiger partial charge on any atom is -0.497 e. The van der Waals surface area contributed by atoms with Gasteiger partial charge in [0.1, 0.15) is 5.75 Å². The molecule has 0 atom stereocenters. The van der Waals surface area contributed by atoms with E-state index in [-0.39, 0.29) is 0 Å². The van der Waals surface area contributed by atoms with Crippen molar-refractivity contribution in [1.29, 1.82) is 0 Å². The van der Waals surface area contributed by atoms with E-state index < -0.39 is 0 Å². The van der Waals surface area contributed by atoms with Crippen LogP contribution in [0, 0.1) is 11.8 Å². The van der Waals surface area contributed by atoms with Gasteiger partial charge in [0.25, 0.3) is 0 Å². The van der Waals surface area contributed by atoms with E-state index in [1.807, 2.05) is 32.9 Å². The van der Waals surface area contributed by atoms with E-state index >= 15 is 0 Å². The fraction of sp³-hybridized carbons (Fsp3) is 0.407. The molecule has 3 rings (SSSR count). The van der Waals surface area contributed by atoms with Gasteiger partial charge in [-0.2, -0.15) is 0 Å². The summed E-state index contributed by atoms with van der Waals surface area (Å²) in [4.78, 5) is 0. The molecule has 0 saturated carbocycles. The van der Waals surface area contributed by atoms with Gasteiger partial charge in [-0.25, -0.2) is 0 Å². The molecule has 0 unspecified atom stereocenters. The highest BCUT2D eigenvalue weighted by molar-refractivity contribution is 5.75. The van der Waals surface area contributed by atoms with E-state index in [2.05, 4.69) is 63.0 Å². The van der Waals surface area contributed by atoms with Gasteiger partial charge < -0.3 is 9.47 Å². The van der Waals surface area contributed by atoms with Crippen LogP contribution in [0.25, 0.3) is 5.57 Å². The van der Waals surface area contributed by atoms with E-state index in [1.54, 1.807) is 7.11 Å². The highest BCUT2D eigenvalue weighted by atomic mass is 16.5. The Kier molecular flexibility index (Phi) is 11.4. The molecule has 0 bridgehead atoms. The predicted molar refractivity (Wildman–Crippen MR) is 126 cm³/mol. The van der Waals surface area contributed by atoms with Gasteiger partial charge in [-0.1, -0.05) is 41.5 Å². The topological polar surface area (TPSA) is 18.5 Å². The van der Waals surface area contributed by atoms with Crippen LogP contribution < -0.4 is 4.74 Å². The number of ether oxygens (including phenoxy) is 2. The lowest BCUT2D eigenvalue weighted by atomic mass is 9.99. The molecule has 1 aliphatic heterocycles. The Labute approximate surface area is 178 Å². The second-order valence-corrected chi connectivity index (χ2v) is 7.24. The summed E-state index contributed by atoms with van der Waals surface area (Å²) in [5, 5.41) is 0. The van der Waals surface area contributed by atoms with Crippen LogP contribution in [0.2, 0.25) is 0 Å². The molecule has 1 aromatic rings. The van der Waals surface area contributed by atoms with Gasteiger partial charge in [-0.05, 0) is 76.8 Å². The van der Waals surface area contributed by atoms with Crippen molar-refractivity contribution in [3.8, 4) is 17.6 Å². The molecular weight excluding hydrogens is 356 g/mol. The van der Waals surface area contributed by atoms with Crippen LogP contribution in [-0.2, 0) is 4.74 Å². The molecule has 2 nitrogen and oxygen atoms in total. The van der Waals surface area contributed by atoms with Gasteiger partial charge in [0.05, 0.1) is 19.5 Å². The van der Waals surface area contributed by atoms with Crippen LogP contribution in [0.5, 0.6) is 5.75 Å². The monoisotopic (exact) mass is 392 g/mol. The zero-order chi connectivity index (χ0) is 21.6. The van der Waals surface area contributed by atoms with Gasteiger partial charge in [-0.3, -0.25) is 0 Å². The first-order chi connectivity index (χ1) is 13.9. The van der Waals surface area contributed by atoms with Gasteiger partial charge in [0.2, 0.25) is 0 Å². The molecule has 0 fully saturated rings. The zero-order valence-corrected chi connectivity index (χ0v) is 19.2. The molecule has 0 spiro atoms. The molecule has 156 valence electrons. The van der Waals surface area contributed by atoms with E-state index in [0.717, 1.165) is 25.2 Å². The van der Waals surface area contributed by atoms with E-state index in [1.165, 1.54) is 40.0 Å². The lowest BCUT2D eigenvalue weighted by Crippen LogP contribution is -1.92. The van der Waals surface area contributed by atoms with Crippen molar-refractivity contribution in [3.05, 3.63) is 70.5 Å². The standard InChI is InChI=1S/C14H18O.C9H12O.C4H6/c1-5-12(9-11(2)3)13-7-6-8-14(10-13)15-4;1-7-2-3-9-8(6-7)4-5-10-9;1-3-4-2/h5-10H,1-4H3;6H,2-5H2,1H3;1-2H3/b12-5+;;. The smallest absolute Gasteiger partial charge is 0.119 e. The maximum absolute atomic E-state index is 5.44. The first-order valence-corrected chi connectivity index (χ1v) is 10.3. The van der Waals surface area contributed by atoms with E-state index in [4.69, 9.17) is 9.47 Å². The van der Waals surface area contributed by atoms with Crippen molar-refractivity contribution < 1.29 is 9.47 Å². The summed E-state index contributed by atoms with van der Waals surface area (Å²) in [5.41, 5.74) is 6.67. The van der Waals surface area contributed by atoms with Crippen LogP contribution in [-0.4, -0.2) is 13.7 Å². The fourth-order valence-corrected chi connectivity index (χ4v) is 3.03. The third kappa shape index (κ3) is 8.92. The van der Waals surface area contributed by atoms with Gasteiger partial charge >= 0.3 is 0 Å².